The van der Waals surface area contributed by atoms with Gasteiger partial charge in [0.15, 0.2) is 0 Å². The molecule has 0 unspecified atom stereocenters. The summed E-state index contributed by atoms with van der Waals surface area (Å²) in [6.45, 7) is 9.75. The fourth-order valence-electron chi connectivity index (χ4n) is 0.385. The first-order valence-electron chi connectivity index (χ1n) is 2.71. The van der Waals surface area contributed by atoms with Crippen LogP contribution in [0.3, 0.4) is 0 Å². The van der Waals surface area contributed by atoms with Gasteiger partial charge in [-0.25, -0.2) is 0 Å². The molecule has 0 saturated carbocycles. The number of benzene rings is 1. The molecule has 0 fully saturated rings. The molecule has 77 valence electrons. The van der Waals surface area contributed by atoms with Crippen molar-refractivity contribution in [2.24, 2.45) is 0 Å². The van der Waals surface area contributed by atoms with Gasteiger partial charge in [0.05, 0.1) is 0 Å². The van der Waals surface area contributed by atoms with Gasteiger partial charge in [0.2, 0.25) is 0 Å². The van der Waals surface area contributed by atoms with Gasteiger partial charge in [0, 0.05) is 0 Å². The molecule has 0 atom stereocenters. The summed E-state index contributed by atoms with van der Waals surface area (Å²) in [5.74, 6) is 0. The van der Waals surface area contributed by atoms with Gasteiger partial charge in [-0.3, -0.25) is 20.4 Å². The Balaban J connectivity index is -0.0000000300. The minimum atomic E-state index is 0. The van der Waals surface area contributed by atoms with E-state index in [1.54, 1.807) is 0 Å². The molecule has 1 radical (unpaired) electrons. The van der Waals surface area contributed by atoms with Crippen molar-refractivity contribution in [2.75, 3.05) is 0 Å². The first-order valence-corrected chi connectivity index (χ1v) is 2.71. The molecule has 1 aromatic rings. The maximum absolute atomic E-state index is 7.75. The molecule has 0 aliphatic rings. The quantitative estimate of drug-likeness (QED) is 0.470. The average molecular weight is 235 g/mol. The Morgan fingerprint density at radius 3 is 0.643 bits per heavy atom. The summed E-state index contributed by atoms with van der Waals surface area (Å²) in [7, 11) is 0. The Morgan fingerprint density at radius 1 is 0.500 bits per heavy atom. The third-order valence-corrected chi connectivity index (χ3v) is 0.667. The van der Waals surface area contributed by atoms with Crippen LogP contribution in [0.5, 0.6) is 0 Å². The van der Waals surface area contributed by atoms with Crippen molar-refractivity contribution < 1.29 is 37.2 Å². The monoisotopic (exact) mass is 235 g/mol. The number of carbonyl (C=O) groups excluding carboxylic acids is 3. The van der Waals surface area contributed by atoms with Crippen LogP contribution in [0.15, 0.2) is 36.4 Å². The van der Waals surface area contributed by atoms with Crippen LogP contribution in [-0.4, -0.2) is 25.8 Å². The molecule has 0 heterocycles. The van der Waals surface area contributed by atoms with E-state index < -0.39 is 0 Å². The van der Waals surface area contributed by atoms with Crippen LogP contribution < -0.4 is 0 Å². The summed E-state index contributed by atoms with van der Waals surface area (Å²) in [5.41, 5.74) is 0. The Bertz CT molecular complexity index is 117. The molecule has 1 aromatic carbocycles. The molecule has 4 nitrogen and oxygen atoms in total. The predicted molar refractivity (Wildman–Crippen MR) is 50.3 cm³/mol. The first kappa shape index (κ1) is 29.3. The van der Waals surface area contributed by atoms with Crippen LogP contribution in [0, 0.1) is 0 Å². The van der Waals surface area contributed by atoms with Crippen molar-refractivity contribution in [3.63, 3.8) is 0 Å². The Kier molecular flexibility index (Phi) is 127. The van der Waals surface area contributed by atoms with Gasteiger partial charge in [0.25, 0.3) is 0 Å². The number of rotatable bonds is 0. The topological polar surface area (TPSA) is 82.7 Å². The van der Waals surface area contributed by atoms with Crippen LogP contribution in [0.25, 0.3) is 0 Å². The maximum Gasteiger partial charge on any atom is 3.00 e. The Morgan fingerprint density at radius 2 is 0.571 bits per heavy atom. The normalized spacial score (nSPS) is 4.29. The number of hydrogen-bond acceptors (Lipinski definition) is 3. The van der Waals surface area contributed by atoms with Crippen molar-refractivity contribution in [1.29, 1.82) is 0 Å². The molecule has 5 heteroatoms. The molecule has 0 spiro atoms. The second kappa shape index (κ2) is 60.4. The van der Waals surface area contributed by atoms with Gasteiger partial charge < -0.3 is 19.9 Å². The third kappa shape index (κ3) is 45.4. The Labute approximate surface area is 94.4 Å². The van der Waals surface area contributed by atoms with E-state index in [1.807, 2.05) is 36.4 Å². The van der Waals surface area contributed by atoms with E-state index in [-0.39, 0.29) is 22.8 Å². The zero-order chi connectivity index (χ0) is 10.2. The second-order valence-electron chi connectivity index (χ2n) is 1.15. The zero-order valence-electron chi connectivity index (χ0n) is 7.33. The van der Waals surface area contributed by atoms with Gasteiger partial charge in [-0.1, -0.05) is 36.4 Å². The van der Waals surface area contributed by atoms with Crippen molar-refractivity contribution in [1.82, 2.24) is 0 Å². The molecule has 1 rings (SSSR count). The first-order chi connectivity index (χ1) is 6.00. The molecule has 2 N–H and O–H groups in total. The summed E-state index contributed by atoms with van der Waals surface area (Å²) in [5, 5.41) is 0. The summed E-state index contributed by atoms with van der Waals surface area (Å²) >= 11 is 0. The van der Waals surface area contributed by atoms with Crippen molar-refractivity contribution in [3.8, 4) is 0 Å². The molecule has 0 aromatic heterocycles. The summed E-state index contributed by atoms with van der Waals surface area (Å²) in [6, 6.07) is 12.0. The largest absolute Gasteiger partial charge is 3.00 e. The predicted octanol–water partition coefficient (Wildman–Crippen LogP) is 0.0371. The van der Waals surface area contributed by atoms with E-state index in [2.05, 4.69) is 20.4 Å². The van der Waals surface area contributed by atoms with Crippen LogP contribution >= 0.6 is 0 Å². The maximum atomic E-state index is 7.75. The molecular weight excluding hydrogens is 224 g/mol. The molecule has 0 aliphatic heterocycles. The van der Waals surface area contributed by atoms with Crippen molar-refractivity contribution in [2.45, 2.75) is 0 Å². The van der Waals surface area contributed by atoms with E-state index in [1.165, 1.54) is 0 Å². The summed E-state index contributed by atoms with van der Waals surface area (Å²) in [4.78, 5) is 23.2. The third-order valence-electron chi connectivity index (χ3n) is 0.667. The fraction of sp³-hybridized carbons (Fsp3) is 0. The van der Waals surface area contributed by atoms with E-state index in [9.17, 15) is 0 Å². The van der Waals surface area contributed by atoms with Gasteiger partial charge in [0.1, 0.15) is 0 Å². The molecular formula is C9H11CrO4. The average Bonchev–Trinajstić information content (AvgIpc) is 2.29. The molecule has 0 aliphatic carbocycles. The molecule has 14 heavy (non-hydrogen) atoms. The van der Waals surface area contributed by atoms with Crippen molar-refractivity contribution >= 4 is 20.4 Å². The van der Waals surface area contributed by atoms with Gasteiger partial charge >= 0.3 is 17.4 Å². The van der Waals surface area contributed by atoms with E-state index in [0.29, 0.717) is 0 Å². The van der Waals surface area contributed by atoms with Crippen LogP contribution in [0.1, 0.15) is 0 Å². The van der Waals surface area contributed by atoms with Crippen LogP contribution in [0.2, 0.25) is 0 Å². The van der Waals surface area contributed by atoms with Crippen molar-refractivity contribution in [3.05, 3.63) is 36.4 Å². The standard InChI is InChI=1S/C6H6.3CHO.Cr.H2O/c1-2-4-6-5-3-1;3*1-2;;/h1-6H;3*1H;;1H2/q;3*-1;+3;. The van der Waals surface area contributed by atoms with Crippen LogP contribution in [-0.2, 0) is 31.7 Å². The molecule has 0 saturated heterocycles. The zero-order valence-corrected chi connectivity index (χ0v) is 8.60. The fourth-order valence-corrected chi connectivity index (χ4v) is 0.385. The van der Waals surface area contributed by atoms with Gasteiger partial charge in [-0.2, -0.15) is 0 Å². The molecule has 0 amide bonds. The number of hydrogen-bond donors (Lipinski definition) is 0. The summed E-state index contributed by atoms with van der Waals surface area (Å²) in [6.07, 6.45) is 0. The molecule has 0 bridgehead atoms. The van der Waals surface area contributed by atoms with E-state index >= 15 is 0 Å². The minimum absolute atomic E-state index is 0. The van der Waals surface area contributed by atoms with E-state index in [0.717, 1.165) is 0 Å². The van der Waals surface area contributed by atoms with Gasteiger partial charge in [-0.05, 0) is 0 Å². The van der Waals surface area contributed by atoms with E-state index in [4.69, 9.17) is 14.4 Å². The summed E-state index contributed by atoms with van der Waals surface area (Å²) < 4.78 is 0. The SMILES string of the molecule is O.[CH-]=O.[CH-]=O.[CH-]=O.[Cr+3].c1ccccc1. The smallest absolute Gasteiger partial charge is 0.545 e. The van der Waals surface area contributed by atoms with Crippen LogP contribution in [0.4, 0.5) is 0 Å². The van der Waals surface area contributed by atoms with Gasteiger partial charge in [-0.15, -0.1) is 0 Å². The Hall–Kier alpha value is -1.28. The second-order valence-corrected chi connectivity index (χ2v) is 1.15. The minimum Gasteiger partial charge on any atom is -0.545 e.